The minimum absolute atomic E-state index is 0.00195. The number of carbonyl (C=O) groups is 12. The summed E-state index contributed by atoms with van der Waals surface area (Å²) in [5.41, 5.74) is 20.4. The van der Waals surface area contributed by atoms with Gasteiger partial charge in [-0.15, -0.1) is 0 Å². The molecular formula is C73H105N23O21. The molecule has 1 fully saturated rings. The highest BCUT2D eigenvalue weighted by Crippen LogP contribution is 2.30. The smallest absolute Gasteiger partial charge is 0.336 e. The number of aliphatic carboxylic acids is 1. The lowest BCUT2D eigenvalue weighted by atomic mass is 10.0. The van der Waals surface area contributed by atoms with Crippen LogP contribution < -0.4 is 102 Å². The van der Waals surface area contributed by atoms with Crippen LogP contribution in [0.2, 0.25) is 0 Å². The predicted octanol–water partition coefficient (Wildman–Crippen LogP) is -2.15. The lowest BCUT2D eigenvalue weighted by Gasteiger charge is -2.30. The Hall–Kier alpha value is -13.3. The van der Waals surface area contributed by atoms with Crippen molar-refractivity contribution in [3.8, 4) is 5.75 Å². The highest BCUT2D eigenvalue weighted by Gasteiger charge is 2.40. The summed E-state index contributed by atoms with van der Waals surface area (Å²) in [6, 6.07) is 3.93. The third-order valence-corrected chi connectivity index (χ3v) is 18.2. The van der Waals surface area contributed by atoms with Crippen LogP contribution in [0.4, 0.5) is 17.1 Å². The van der Waals surface area contributed by atoms with Gasteiger partial charge in [0, 0.05) is 69.3 Å². The molecule has 0 radical (unpaired) electrons. The second kappa shape index (κ2) is 48.0. The van der Waals surface area contributed by atoms with Gasteiger partial charge in [-0.2, -0.15) is 0 Å². The number of carbonyl (C=O) groups excluding carboxylic acids is 11. The minimum atomic E-state index is -1.89. The van der Waals surface area contributed by atoms with Gasteiger partial charge in [-0.05, 0) is 126 Å². The van der Waals surface area contributed by atoms with E-state index in [0.717, 1.165) is 30.7 Å². The van der Waals surface area contributed by atoms with Crippen LogP contribution in [0.5, 0.6) is 5.75 Å². The van der Waals surface area contributed by atoms with E-state index >= 15 is 0 Å². The fourth-order valence-electron chi connectivity index (χ4n) is 12.3. The van der Waals surface area contributed by atoms with Crippen LogP contribution in [0.15, 0.2) is 82.0 Å². The summed E-state index contributed by atoms with van der Waals surface area (Å²) in [5, 5.41) is 89.5. The number of amides is 11. The van der Waals surface area contributed by atoms with Crippen LogP contribution in [-0.4, -0.2) is 216 Å². The molecule has 3 aromatic carbocycles. The molecule has 1 aliphatic heterocycles. The molecule has 1 saturated heterocycles. The second-order valence-corrected chi connectivity index (χ2v) is 27.9. The molecule has 44 heteroatoms. The molecule has 1 aromatic heterocycles. The van der Waals surface area contributed by atoms with E-state index in [4.69, 9.17) is 53.1 Å². The van der Waals surface area contributed by atoms with Crippen LogP contribution in [0.1, 0.15) is 122 Å². The monoisotopic (exact) mass is 1640 g/mol. The Kier molecular flexibility index (Phi) is 38.7. The summed E-state index contributed by atoms with van der Waals surface area (Å²) in [7, 11) is 1.42. The van der Waals surface area contributed by atoms with Gasteiger partial charge in [0.15, 0.2) is 17.9 Å². The number of primary amides is 1. The number of benzene rings is 3. The van der Waals surface area contributed by atoms with E-state index < -0.39 is 190 Å². The van der Waals surface area contributed by atoms with E-state index in [1.165, 1.54) is 18.1 Å². The Balaban J connectivity index is 1.39. The van der Waals surface area contributed by atoms with Crippen LogP contribution in [0.25, 0.3) is 11.0 Å². The zero-order chi connectivity index (χ0) is 86.4. The molecule has 0 bridgehead atoms. The molecule has 2 heterocycles. The summed E-state index contributed by atoms with van der Waals surface area (Å²) < 4.78 is 16.4. The number of unbranched alkanes of at least 4 members (excludes halogenated alkanes) is 1. The zero-order valence-electron chi connectivity index (χ0n) is 65.2. The Morgan fingerprint density at radius 1 is 0.607 bits per heavy atom. The third kappa shape index (κ3) is 33.0. The van der Waals surface area contributed by atoms with E-state index in [-0.39, 0.29) is 145 Å². The number of ether oxygens (including phenoxy) is 2. The van der Waals surface area contributed by atoms with Crippen molar-refractivity contribution in [1.29, 1.82) is 16.2 Å². The van der Waals surface area contributed by atoms with Gasteiger partial charge < -0.3 is 116 Å². The van der Waals surface area contributed by atoms with Crippen LogP contribution in [0, 0.1) is 42.4 Å². The number of guanidine groups is 3. The highest BCUT2D eigenvalue weighted by molar-refractivity contribution is 5.99. The number of nitro groups is 2. The molecule has 44 nitrogen and oxygen atoms in total. The average Bonchev–Trinajstić information content (AvgIpc) is 1.63. The number of rotatable bonds is 51. The molecule has 0 unspecified atom stereocenters. The number of hydrogen-bond acceptors (Lipinski definition) is 24. The molecule has 5 rings (SSSR count). The number of carboxylic acid groups (broad SMARTS) is 1. The van der Waals surface area contributed by atoms with Gasteiger partial charge in [0.05, 0.1) is 42.6 Å². The van der Waals surface area contributed by atoms with Gasteiger partial charge in [0.2, 0.25) is 65.0 Å². The van der Waals surface area contributed by atoms with Crippen LogP contribution in [0.3, 0.4) is 0 Å². The number of nitrogens with two attached hydrogens (primary N) is 4. The lowest BCUT2D eigenvalue weighted by molar-refractivity contribution is -0.393. The fraction of sp³-hybridized carbons (Fsp3) is 0.507. The van der Waals surface area contributed by atoms with Gasteiger partial charge in [0.25, 0.3) is 11.4 Å². The number of carboxylic acids is 1. The first-order valence-electron chi connectivity index (χ1n) is 37.7. The first kappa shape index (κ1) is 94.3. The molecule has 11 amide bonds. The maximum atomic E-state index is 14.8. The van der Waals surface area contributed by atoms with Crippen LogP contribution in [-0.2, 0) is 75.3 Å². The Labute approximate surface area is 671 Å². The van der Waals surface area contributed by atoms with Gasteiger partial charge in [0.1, 0.15) is 71.4 Å². The number of nitrogens with zero attached hydrogens (tertiary/aromatic N) is 3. The molecule has 0 spiro atoms. The van der Waals surface area contributed by atoms with Crippen molar-refractivity contribution in [3.05, 3.63) is 115 Å². The van der Waals surface area contributed by atoms with Gasteiger partial charge >= 0.3 is 11.6 Å². The third-order valence-electron chi connectivity index (χ3n) is 18.2. The molecular weight excluding hydrogens is 1530 g/mol. The summed E-state index contributed by atoms with van der Waals surface area (Å²) in [4.78, 5) is 203. The van der Waals surface area contributed by atoms with Crippen LogP contribution >= 0.6 is 0 Å². The molecule has 1 aliphatic rings. The Morgan fingerprint density at radius 3 is 1.76 bits per heavy atom. The summed E-state index contributed by atoms with van der Waals surface area (Å²) in [6.07, 6.45) is -0.929. The molecule has 25 N–H and O–H groups in total. The van der Waals surface area contributed by atoms with Crippen molar-refractivity contribution in [1.82, 2.24) is 68.7 Å². The molecule has 638 valence electrons. The van der Waals surface area contributed by atoms with Crippen molar-refractivity contribution < 1.29 is 86.4 Å². The summed E-state index contributed by atoms with van der Waals surface area (Å²) in [6.45, 7) is 3.63. The number of nitro benzene ring substituents is 2. The van der Waals surface area contributed by atoms with E-state index in [1.54, 1.807) is 26.0 Å². The minimum Gasteiger partial charge on any atom is -0.497 e. The van der Waals surface area contributed by atoms with Crippen molar-refractivity contribution in [2.75, 3.05) is 58.3 Å². The standard InChI is InChI=1S/C73H105N23O21/c1-40(2)32-53(92-69(109)55-20-13-30-94(55)70(110)52(19-12-29-83-73(79)80)88-58(97)33-43-34-61(101)117-57-36-45(115-4)22-23-46(43)57)64(104)85-38-59(98)87-49(16-8-9-31-116-39-42-14-6-5-7-15-42)65(105)93-54(37-84-47-24-21-44(95(111)112)35-56(47)96(113)114)68(108)86-41(3)63(103)90-50(18-11-28-82-72(77)78)66(106)91-51(25-26-60(99)100)67(107)89-48(62(74)102)17-10-27-81-71(75)76/h5-7,14-15,21-24,34-36,40-41,48-55,84H,8-13,16-20,25-33,37-39H2,1-4H3,(H2,74,102)(H,85,104)(H,86,108)(H,87,98)(H,88,97)(H,89,107)(H,90,103)(H,91,106)(H,92,109)(H,93,105)(H,99,100)(H4,75,76,81)(H4,77,78,82)(H4,79,80,83)/t41-,48-,49-,50-,51-,52-,53-,54-,55-/m0/s1. The van der Waals surface area contributed by atoms with Crippen molar-refractivity contribution in [2.45, 2.75) is 178 Å². The number of non-ortho nitro benzene ring substituents is 1. The second-order valence-electron chi connectivity index (χ2n) is 27.9. The first-order chi connectivity index (χ1) is 55.5. The molecule has 4 aromatic rings. The van der Waals surface area contributed by atoms with Crippen molar-refractivity contribution >= 4 is 117 Å². The number of anilines is 1. The number of hydrogen-bond donors (Lipinski definition) is 21. The molecule has 117 heavy (non-hydrogen) atoms. The van der Waals surface area contributed by atoms with Crippen molar-refractivity contribution in [2.24, 2.45) is 28.9 Å². The van der Waals surface area contributed by atoms with Gasteiger partial charge in [-0.3, -0.25) is 94.0 Å². The first-order valence-corrected chi connectivity index (χ1v) is 37.7. The van der Waals surface area contributed by atoms with Crippen molar-refractivity contribution in [3.63, 3.8) is 0 Å². The Morgan fingerprint density at radius 2 is 1.17 bits per heavy atom. The Bertz CT molecular complexity index is 4260. The largest absolute Gasteiger partial charge is 0.497 e. The average molecular weight is 1640 g/mol. The zero-order valence-corrected chi connectivity index (χ0v) is 65.2. The number of methoxy groups -OCH3 is 1. The highest BCUT2D eigenvalue weighted by atomic mass is 16.6. The normalized spacial score (nSPS) is 14.3. The van der Waals surface area contributed by atoms with Gasteiger partial charge in [-0.25, -0.2) is 4.79 Å². The van der Waals surface area contributed by atoms with E-state index in [1.807, 2.05) is 30.3 Å². The number of nitrogens with one attached hydrogen (secondary N) is 16. The predicted molar refractivity (Wildman–Crippen MR) is 423 cm³/mol. The lowest BCUT2D eigenvalue weighted by Crippen LogP contribution is -2.60. The topological polar surface area (TPSA) is 695 Å². The van der Waals surface area contributed by atoms with E-state index in [0.29, 0.717) is 23.6 Å². The maximum Gasteiger partial charge on any atom is 0.336 e. The maximum absolute atomic E-state index is 14.8. The van der Waals surface area contributed by atoms with Gasteiger partial charge in [-0.1, -0.05) is 44.2 Å². The summed E-state index contributed by atoms with van der Waals surface area (Å²) in [5.74, 6) is -12.9. The fourth-order valence-corrected chi connectivity index (χ4v) is 12.3. The van der Waals surface area contributed by atoms with E-state index in [2.05, 4.69) is 69.1 Å². The molecule has 0 aliphatic carbocycles. The summed E-state index contributed by atoms with van der Waals surface area (Å²) >= 11 is 0. The SMILES string of the molecule is COc1ccc2c(CC(=O)N[C@@H](CCCNC(=N)N)C(=O)N3CCC[C@H]3C(=O)N[C@@H](CC(C)C)C(=O)NCC(=O)N[C@@H](CCCCOCc3ccccc3)C(=O)N[C@@H](CNc3ccc([N+](=O)[O-])cc3[N+](=O)[O-])C(=O)N[C@@H](C)C(=O)N[C@@H](CCCNC(=N)N)C(=O)N[C@@H](CCC(=O)O)C(=O)N[C@@H](CCCNC(=N)N)C(N)=O)cc(=O)oc2c1. The quantitative estimate of drug-likeness (QED) is 0.00560. The number of likely N-dealkylation sites (tertiary alicyclic amines) is 1. The molecule has 0 saturated carbocycles. The number of fused-ring (bicyclic) bond motifs is 1. The molecule has 9 atom stereocenters. The van der Waals surface area contributed by atoms with E-state index in [9.17, 15) is 87.7 Å².